The zero-order chi connectivity index (χ0) is 15.6. The molecule has 8 nitrogen and oxygen atoms in total. The van der Waals surface area contributed by atoms with E-state index in [1.165, 1.54) is 0 Å². The number of amides is 1. The van der Waals surface area contributed by atoms with E-state index in [4.69, 9.17) is 0 Å². The molecule has 2 N–H and O–H groups in total. The lowest BCUT2D eigenvalue weighted by Gasteiger charge is -2.25. The molecule has 0 aromatic carbocycles. The first kappa shape index (κ1) is 14.9. The van der Waals surface area contributed by atoms with Crippen LogP contribution >= 0.6 is 0 Å². The Labute approximate surface area is 120 Å². The summed E-state index contributed by atoms with van der Waals surface area (Å²) in [5.41, 5.74) is -1.25. The summed E-state index contributed by atoms with van der Waals surface area (Å²) < 4.78 is 0. The van der Waals surface area contributed by atoms with Crippen LogP contribution in [0.3, 0.4) is 0 Å². The van der Waals surface area contributed by atoms with Crippen LogP contribution in [0.5, 0.6) is 0 Å². The third-order valence-electron chi connectivity index (χ3n) is 3.75. The van der Waals surface area contributed by atoms with Gasteiger partial charge in [0.1, 0.15) is 11.7 Å². The second-order valence-corrected chi connectivity index (χ2v) is 5.13. The van der Waals surface area contributed by atoms with Gasteiger partial charge in [-0.1, -0.05) is 12.8 Å². The fourth-order valence-corrected chi connectivity index (χ4v) is 2.51. The summed E-state index contributed by atoms with van der Waals surface area (Å²) in [5, 5.41) is 22.6. The average molecular weight is 293 g/mol. The number of carboxylic acid groups (broad SMARTS) is 1. The predicted octanol–water partition coefficient (Wildman–Crippen LogP) is 1.43. The Morgan fingerprint density at radius 2 is 2.05 bits per heavy atom. The van der Waals surface area contributed by atoms with Gasteiger partial charge in [-0.2, -0.15) is 0 Å². The molecule has 1 aliphatic rings. The van der Waals surface area contributed by atoms with Crippen LogP contribution in [0.2, 0.25) is 0 Å². The lowest BCUT2D eigenvalue weighted by atomic mass is 9.97. The van der Waals surface area contributed by atoms with Crippen molar-refractivity contribution in [2.75, 3.05) is 0 Å². The van der Waals surface area contributed by atoms with Crippen LogP contribution in [0.4, 0.5) is 5.69 Å². The quantitative estimate of drug-likeness (QED) is 0.639. The number of nitro groups is 1. The van der Waals surface area contributed by atoms with Crippen molar-refractivity contribution >= 4 is 17.6 Å². The number of aryl methyl sites for hydroxylation is 1. The van der Waals surface area contributed by atoms with Crippen molar-refractivity contribution in [1.82, 2.24) is 10.3 Å². The number of aliphatic carboxylic acids is 1. The van der Waals surface area contributed by atoms with E-state index in [1.54, 1.807) is 6.92 Å². The summed E-state index contributed by atoms with van der Waals surface area (Å²) >= 11 is 0. The van der Waals surface area contributed by atoms with Gasteiger partial charge in [0.2, 0.25) is 0 Å². The molecule has 0 atom stereocenters. The third-order valence-corrected chi connectivity index (χ3v) is 3.75. The summed E-state index contributed by atoms with van der Waals surface area (Å²) in [4.78, 5) is 37.6. The molecule has 2 rings (SSSR count). The number of aromatic nitrogens is 1. The van der Waals surface area contributed by atoms with E-state index in [1.807, 2.05) is 0 Å². The van der Waals surface area contributed by atoms with E-state index in [2.05, 4.69) is 10.3 Å². The Hall–Kier alpha value is -2.51. The standard InChI is InChI=1S/C13H15N3O5/c1-8-10(6-9(7-14-8)16(20)21)11(17)15-13(12(18)19)4-2-3-5-13/h6-7H,2-5H2,1H3,(H,15,17)(H,18,19). The normalized spacial score (nSPS) is 16.4. The Kier molecular flexibility index (Phi) is 3.88. The number of hydrogen-bond donors (Lipinski definition) is 2. The molecule has 0 unspecified atom stereocenters. The van der Waals surface area contributed by atoms with Crippen molar-refractivity contribution in [2.24, 2.45) is 0 Å². The Balaban J connectivity index is 2.30. The van der Waals surface area contributed by atoms with Crippen LogP contribution in [0.1, 0.15) is 41.7 Å². The Bertz CT molecular complexity index is 608. The second-order valence-electron chi connectivity index (χ2n) is 5.13. The fourth-order valence-electron chi connectivity index (χ4n) is 2.51. The number of carbonyl (C=O) groups is 2. The lowest BCUT2D eigenvalue weighted by molar-refractivity contribution is -0.385. The number of rotatable bonds is 4. The number of carboxylic acids is 1. The Morgan fingerprint density at radius 3 is 2.57 bits per heavy atom. The van der Waals surface area contributed by atoms with Gasteiger partial charge in [0.25, 0.3) is 11.6 Å². The Morgan fingerprint density at radius 1 is 1.43 bits per heavy atom. The van der Waals surface area contributed by atoms with Gasteiger partial charge in [-0.05, 0) is 19.8 Å². The molecule has 1 amide bonds. The van der Waals surface area contributed by atoms with Gasteiger partial charge in [-0.3, -0.25) is 19.9 Å². The molecule has 1 aromatic heterocycles. The van der Waals surface area contributed by atoms with Gasteiger partial charge in [-0.15, -0.1) is 0 Å². The number of nitrogens with one attached hydrogen (secondary N) is 1. The van der Waals surface area contributed by atoms with Gasteiger partial charge in [0.15, 0.2) is 0 Å². The molecule has 0 radical (unpaired) electrons. The number of nitrogens with zero attached hydrogens (tertiary/aromatic N) is 2. The average Bonchev–Trinajstić information content (AvgIpc) is 2.88. The van der Waals surface area contributed by atoms with Gasteiger partial charge in [-0.25, -0.2) is 4.79 Å². The molecule has 1 saturated carbocycles. The molecule has 0 bridgehead atoms. The maximum Gasteiger partial charge on any atom is 0.329 e. The van der Waals surface area contributed by atoms with Crippen LogP contribution in [-0.2, 0) is 4.79 Å². The van der Waals surface area contributed by atoms with Crippen LogP contribution < -0.4 is 5.32 Å². The molecule has 21 heavy (non-hydrogen) atoms. The van der Waals surface area contributed by atoms with Crippen LogP contribution in [0, 0.1) is 17.0 Å². The lowest BCUT2D eigenvalue weighted by Crippen LogP contribution is -2.52. The first-order chi connectivity index (χ1) is 9.85. The maximum absolute atomic E-state index is 12.3. The van der Waals surface area contributed by atoms with E-state index in [-0.39, 0.29) is 11.3 Å². The highest BCUT2D eigenvalue weighted by Gasteiger charge is 2.43. The van der Waals surface area contributed by atoms with Gasteiger partial charge in [0.05, 0.1) is 16.2 Å². The molecule has 0 aliphatic heterocycles. The van der Waals surface area contributed by atoms with Crippen LogP contribution in [-0.4, -0.2) is 32.4 Å². The largest absolute Gasteiger partial charge is 0.480 e. The highest BCUT2D eigenvalue weighted by Crippen LogP contribution is 2.30. The van der Waals surface area contributed by atoms with E-state index in [0.717, 1.165) is 25.1 Å². The molecule has 8 heteroatoms. The van der Waals surface area contributed by atoms with Crippen LogP contribution in [0.15, 0.2) is 12.3 Å². The summed E-state index contributed by atoms with van der Waals surface area (Å²) in [6.45, 7) is 1.54. The van der Waals surface area contributed by atoms with Crippen molar-refractivity contribution < 1.29 is 19.6 Å². The van der Waals surface area contributed by atoms with Gasteiger partial charge < -0.3 is 10.4 Å². The molecule has 112 valence electrons. The molecular formula is C13H15N3O5. The smallest absolute Gasteiger partial charge is 0.329 e. The fraction of sp³-hybridized carbons (Fsp3) is 0.462. The number of pyridine rings is 1. The minimum atomic E-state index is -1.28. The molecule has 1 aromatic rings. The molecule has 0 saturated heterocycles. The second kappa shape index (κ2) is 5.47. The zero-order valence-corrected chi connectivity index (χ0v) is 11.5. The minimum Gasteiger partial charge on any atom is -0.480 e. The summed E-state index contributed by atoms with van der Waals surface area (Å²) in [5.74, 6) is -1.72. The predicted molar refractivity (Wildman–Crippen MR) is 71.9 cm³/mol. The third kappa shape index (κ3) is 2.83. The molecule has 0 spiro atoms. The zero-order valence-electron chi connectivity index (χ0n) is 11.5. The van der Waals surface area contributed by atoms with Crippen molar-refractivity contribution in [3.63, 3.8) is 0 Å². The van der Waals surface area contributed by atoms with Crippen molar-refractivity contribution in [1.29, 1.82) is 0 Å². The first-order valence-electron chi connectivity index (χ1n) is 6.53. The molecule has 1 heterocycles. The summed E-state index contributed by atoms with van der Waals surface area (Å²) in [7, 11) is 0. The highest BCUT2D eigenvalue weighted by molar-refractivity contribution is 5.99. The first-order valence-corrected chi connectivity index (χ1v) is 6.53. The van der Waals surface area contributed by atoms with E-state index in [0.29, 0.717) is 18.5 Å². The molecule has 1 fully saturated rings. The van der Waals surface area contributed by atoms with E-state index < -0.39 is 22.3 Å². The topological polar surface area (TPSA) is 122 Å². The molecule has 1 aliphatic carbocycles. The van der Waals surface area contributed by atoms with Gasteiger partial charge in [0, 0.05) is 6.07 Å². The summed E-state index contributed by atoms with van der Waals surface area (Å²) in [6.07, 6.45) is 3.22. The van der Waals surface area contributed by atoms with Gasteiger partial charge >= 0.3 is 5.97 Å². The van der Waals surface area contributed by atoms with Crippen molar-refractivity contribution in [3.05, 3.63) is 33.6 Å². The maximum atomic E-state index is 12.3. The van der Waals surface area contributed by atoms with E-state index in [9.17, 15) is 24.8 Å². The number of hydrogen-bond acceptors (Lipinski definition) is 5. The van der Waals surface area contributed by atoms with Crippen molar-refractivity contribution in [2.45, 2.75) is 38.1 Å². The van der Waals surface area contributed by atoms with E-state index >= 15 is 0 Å². The van der Waals surface area contributed by atoms with Crippen molar-refractivity contribution in [3.8, 4) is 0 Å². The molecular weight excluding hydrogens is 278 g/mol. The number of carbonyl (C=O) groups excluding carboxylic acids is 1. The van der Waals surface area contributed by atoms with Crippen LogP contribution in [0.25, 0.3) is 0 Å². The SMILES string of the molecule is Cc1ncc([N+](=O)[O-])cc1C(=O)NC1(C(=O)O)CCCC1. The summed E-state index contributed by atoms with van der Waals surface area (Å²) in [6, 6.07) is 1.11. The highest BCUT2D eigenvalue weighted by atomic mass is 16.6. The minimum absolute atomic E-state index is 0.0247. The monoisotopic (exact) mass is 293 g/mol.